The van der Waals surface area contributed by atoms with E-state index in [-0.39, 0.29) is 54.7 Å². The molecule has 0 aliphatic rings. The topological polar surface area (TPSA) is 79.8 Å². The van der Waals surface area contributed by atoms with Gasteiger partial charge in [0, 0.05) is 18.8 Å². The summed E-state index contributed by atoms with van der Waals surface area (Å²) in [4.78, 5) is 4.28. The molecule has 1 aromatic rings. The number of hydrogen-bond donors (Lipinski definition) is 2. The first kappa shape index (κ1) is 26.8. The Morgan fingerprint density at radius 1 is 1.32 bits per heavy atom. The summed E-state index contributed by atoms with van der Waals surface area (Å²) in [6.07, 6.45) is -2.80. The van der Waals surface area contributed by atoms with Crippen molar-refractivity contribution in [2.45, 2.75) is 32.5 Å². The van der Waals surface area contributed by atoms with Gasteiger partial charge in [-0.15, -0.1) is 24.0 Å². The van der Waals surface area contributed by atoms with Crippen molar-refractivity contribution in [2.75, 3.05) is 31.7 Å². The molecule has 1 atom stereocenters. The van der Waals surface area contributed by atoms with Crippen LogP contribution in [0.25, 0.3) is 0 Å². The largest absolute Gasteiger partial charge is 0.492 e. The highest BCUT2D eigenvalue weighted by atomic mass is 127. The number of ether oxygens (including phenoxy) is 1. The van der Waals surface area contributed by atoms with Gasteiger partial charge in [0.2, 0.25) is 0 Å². The number of alkyl halides is 3. The minimum atomic E-state index is -4.41. The molecule has 0 bridgehead atoms. The Balaban J connectivity index is 0.00000729. The van der Waals surface area contributed by atoms with Crippen LogP contribution in [0.1, 0.15) is 25.8 Å². The summed E-state index contributed by atoms with van der Waals surface area (Å²) in [5.41, 5.74) is -0.766. The van der Waals surface area contributed by atoms with E-state index in [0.717, 1.165) is 12.1 Å². The highest BCUT2D eigenvalue weighted by Crippen LogP contribution is 2.31. The molecular formula is C17H27F3IN3O3S. The van der Waals surface area contributed by atoms with Crippen LogP contribution in [0.3, 0.4) is 0 Å². The minimum absolute atomic E-state index is 0. The minimum Gasteiger partial charge on any atom is -0.492 e. The van der Waals surface area contributed by atoms with E-state index >= 15 is 0 Å². The van der Waals surface area contributed by atoms with Crippen molar-refractivity contribution in [1.29, 1.82) is 0 Å². The lowest BCUT2D eigenvalue weighted by Gasteiger charge is -2.17. The summed E-state index contributed by atoms with van der Waals surface area (Å²) in [7, 11) is -3.03. The summed E-state index contributed by atoms with van der Waals surface area (Å²) < 4.78 is 65.8. The average Bonchev–Trinajstić information content (AvgIpc) is 2.56. The fourth-order valence-corrected chi connectivity index (χ4v) is 2.88. The van der Waals surface area contributed by atoms with Gasteiger partial charge < -0.3 is 15.4 Å². The summed E-state index contributed by atoms with van der Waals surface area (Å²) in [5.74, 6) is 0.685. The number of sulfone groups is 1. The Hall–Kier alpha value is -1.24. The van der Waals surface area contributed by atoms with Gasteiger partial charge in [0.05, 0.1) is 17.9 Å². The number of hydrogen-bond acceptors (Lipinski definition) is 4. The van der Waals surface area contributed by atoms with Gasteiger partial charge in [-0.2, -0.15) is 13.2 Å². The van der Waals surface area contributed by atoms with Crippen LogP contribution < -0.4 is 15.4 Å². The molecule has 0 aromatic heterocycles. The van der Waals surface area contributed by atoms with Crippen molar-refractivity contribution in [1.82, 2.24) is 10.6 Å². The molecular weight excluding hydrogens is 510 g/mol. The van der Waals surface area contributed by atoms with Crippen molar-refractivity contribution >= 4 is 39.8 Å². The second kappa shape index (κ2) is 12.3. The van der Waals surface area contributed by atoms with E-state index in [0.29, 0.717) is 18.9 Å². The number of benzene rings is 1. The van der Waals surface area contributed by atoms with Crippen LogP contribution in [0.2, 0.25) is 0 Å². The van der Waals surface area contributed by atoms with Crippen LogP contribution >= 0.6 is 24.0 Å². The van der Waals surface area contributed by atoms with E-state index in [9.17, 15) is 21.6 Å². The fourth-order valence-electron chi connectivity index (χ4n) is 2.10. The second-order valence-electron chi connectivity index (χ2n) is 6.10. The van der Waals surface area contributed by atoms with Gasteiger partial charge in [-0.05, 0) is 38.5 Å². The lowest BCUT2D eigenvalue weighted by Crippen LogP contribution is -2.43. The number of nitrogens with one attached hydrogen (secondary N) is 2. The predicted molar refractivity (Wildman–Crippen MR) is 115 cm³/mol. The van der Waals surface area contributed by atoms with Crippen molar-refractivity contribution in [3.05, 3.63) is 29.8 Å². The molecule has 0 amide bonds. The molecule has 1 unspecified atom stereocenters. The number of aliphatic imine (C=N–C) groups is 1. The Bertz CT molecular complexity index is 728. The zero-order valence-corrected chi connectivity index (χ0v) is 19.2. The summed E-state index contributed by atoms with van der Waals surface area (Å²) in [5, 5.41) is 6.11. The maximum Gasteiger partial charge on any atom is 0.416 e. The molecule has 28 heavy (non-hydrogen) atoms. The molecule has 2 N–H and O–H groups in total. The molecule has 0 saturated carbocycles. The van der Waals surface area contributed by atoms with Crippen molar-refractivity contribution in [3.8, 4) is 5.75 Å². The maximum absolute atomic E-state index is 12.7. The average molecular weight is 537 g/mol. The molecule has 0 spiro atoms. The molecule has 11 heteroatoms. The molecule has 1 aromatic carbocycles. The summed E-state index contributed by atoms with van der Waals surface area (Å²) in [6.45, 7) is 4.67. The quantitative estimate of drug-likeness (QED) is 0.219. The van der Waals surface area contributed by atoms with E-state index < -0.39 is 21.6 Å². The third-order valence-electron chi connectivity index (χ3n) is 3.44. The third-order valence-corrected chi connectivity index (χ3v) is 4.42. The Labute approximate surface area is 181 Å². The molecule has 0 radical (unpaired) electrons. The first-order valence-electron chi connectivity index (χ1n) is 8.54. The molecule has 0 fully saturated rings. The molecule has 1 rings (SSSR count). The van der Waals surface area contributed by atoms with E-state index in [1.54, 1.807) is 0 Å². The summed E-state index contributed by atoms with van der Waals surface area (Å²) in [6, 6.07) is 4.56. The zero-order valence-electron chi connectivity index (χ0n) is 16.0. The fraction of sp³-hybridized carbons (Fsp3) is 0.588. The van der Waals surface area contributed by atoms with Gasteiger partial charge in [-0.25, -0.2) is 13.4 Å². The number of guanidine groups is 1. The number of nitrogens with zero attached hydrogens (tertiary/aromatic N) is 1. The molecule has 162 valence electrons. The Kier molecular flexibility index (Phi) is 11.8. The van der Waals surface area contributed by atoms with Gasteiger partial charge in [0.25, 0.3) is 0 Å². The molecule has 0 heterocycles. The van der Waals surface area contributed by atoms with Crippen LogP contribution in [0.5, 0.6) is 5.75 Å². The smallest absolute Gasteiger partial charge is 0.416 e. The molecule has 0 aliphatic heterocycles. The van der Waals surface area contributed by atoms with Crippen LogP contribution in [-0.4, -0.2) is 52.1 Å². The van der Waals surface area contributed by atoms with Gasteiger partial charge in [-0.1, -0.05) is 6.07 Å². The van der Waals surface area contributed by atoms with Gasteiger partial charge >= 0.3 is 6.18 Å². The highest BCUT2D eigenvalue weighted by Gasteiger charge is 2.30. The SMILES string of the molecule is CCNC(=NCCOc1cccc(C(F)(F)F)c1)NC(C)CCS(C)(=O)=O.I. The van der Waals surface area contributed by atoms with E-state index in [1.165, 1.54) is 18.4 Å². The van der Waals surface area contributed by atoms with Crippen molar-refractivity contribution < 1.29 is 26.3 Å². The van der Waals surface area contributed by atoms with Gasteiger partial charge in [0.1, 0.15) is 22.2 Å². The van der Waals surface area contributed by atoms with Crippen LogP contribution in [-0.2, 0) is 16.0 Å². The Morgan fingerprint density at radius 3 is 2.57 bits per heavy atom. The first-order valence-corrected chi connectivity index (χ1v) is 10.6. The van der Waals surface area contributed by atoms with Crippen LogP contribution in [0.4, 0.5) is 13.2 Å². The molecule has 0 aliphatic carbocycles. The normalized spacial score (nSPS) is 13.4. The maximum atomic E-state index is 12.7. The van der Waals surface area contributed by atoms with Crippen molar-refractivity contribution in [3.63, 3.8) is 0 Å². The van der Waals surface area contributed by atoms with Crippen molar-refractivity contribution in [2.24, 2.45) is 4.99 Å². The molecule has 0 saturated heterocycles. The van der Waals surface area contributed by atoms with E-state index in [4.69, 9.17) is 4.74 Å². The zero-order chi connectivity index (χ0) is 20.5. The van der Waals surface area contributed by atoms with E-state index in [2.05, 4.69) is 15.6 Å². The lowest BCUT2D eigenvalue weighted by atomic mass is 10.2. The standard InChI is InChI=1S/C17H26F3N3O3S.HI/c1-4-21-16(23-13(2)8-11-27(3,24)25)22-9-10-26-15-7-5-6-14(12-15)17(18,19)20;/h5-7,12-13H,4,8-11H2,1-3H3,(H2,21,22,23);1H. The van der Waals surface area contributed by atoms with Gasteiger partial charge in [0.15, 0.2) is 5.96 Å². The predicted octanol–water partition coefficient (Wildman–Crippen LogP) is 3.08. The third kappa shape index (κ3) is 11.6. The lowest BCUT2D eigenvalue weighted by molar-refractivity contribution is -0.137. The highest BCUT2D eigenvalue weighted by molar-refractivity contribution is 14.0. The second-order valence-corrected chi connectivity index (χ2v) is 8.36. The summed E-state index contributed by atoms with van der Waals surface area (Å²) >= 11 is 0. The Morgan fingerprint density at radius 2 is 2.00 bits per heavy atom. The number of halogens is 4. The monoisotopic (exact) mass is 537 g/mol. The molecule has 6 nitrogen and oxygen atoms in total. The van der Waals surface area contributed by atoms with Crippen LogP contribution in [0, 0.1) is 0 Å². The first-order chi connectivity index (χ1) is 12.5. The van der Waals surface area contributed by atoms with E-state index in [1.807, 2.05) is 13.8 Å². The number of rotatable bonds is 9. The van der Waals surface area contributed by atoms with Crippen LogP contribution in [0.15, 0.2) is 29.3 Å². The van der Waals surface area contributed by atoms with Gasteiger partial charge in [-0.3, -0.25) is 0 Å².